The number of hydrogen-bond donors (Lipinski definition) is 2. The molecule has 1 rings (SSSR count). The van der Waals surface area contributed by atoms with E-state index < -0.39 is 0 Å². The second kappa shape index (κ2) is 5.43. The van der Waals surface area contributed by atoms with E-state index in [1.165, 1.54) is 14.2 Å². The van der Waals surface area contributed by atoms with Crippen molar-refractivity contribution in [3.05, 3.63) is 17.7 Å². The summed E-state index contributed by atoms with van der Waals surface area (Å²) < 4.78 is 10.2. The molecule has 1 aromatic rings. The second-order valence-electron chi connectivity index (χ2n) is 3.92. The number of rotatable bonds is 4. The highest BCUT2D eigenvalue weighted by molar-refractivity contribution is 6.00. The molecule has 0 unspecified atom stereocenters. The molecule has 0 aliphatic rings. The molecule has 0 aromatic heterocycles. The molecule has 0 saturated carbocycles. The van der Waals surface area contributed by atoms with E-state index >= 15 is 0 Å². The summed E-state index contributed by atoms with van der Waals surface area (Å²) in [5, 5.41) is 2.77. The van der Waals surface area contributed by atoms with Gasteiger partial charge in [0.25, 0.3) is 5.91 Å². The fourth-order valence-electron chi connectivity index (χ4n) is 1.43. The molecular formula is C12H18N2O3. The topological polar surface area (TPSA) is 73.6 Å². The normalized spacial score (nSPS) is 10.2. The number of methoxy groups -OCH3 is 2. The van der Waals surface area contributed by atoms with Crippen LogP contribution in [0.2, 0.25) is 0 Å². The maximum absolute atomic E-state index is 11.9. The van der Waals surface area contributed by atoms with Gasteiger partial charge < -0.3 is 20.5 Å². The van der Waals surface area contributed by atoms with Gasteiger partial charge in [0.1, 0.15) is 0 Å². The first-order valence-electron chi connectivity index (χ1n) is 5.32. The minimum Gasteiger partial charge on any atom is -0.493 e. The Bertz CT molecular complexity index is 416. The van der Waals surface area contributed by atoms with Crippen molar-refractivity contribution in [3.63, 3.8) is 0 Å². The van der Waals surface area contributed by atoms with Crippen molar-refractivity contribution < 1.29 is 14.3 Å². The van der Waals surface area contributed by atoms with E-state index in [1.54, 1.807) is 12.1 Å². The minimum absolute atomic E-state index is 0.0509. The minimum atomic E-state index is -0.224. The first-order chi connectivity index (χ1) is 7.99. The number of amides is 1. The fraction of sp³-hybridized carbons (Fsp3) is 0.417. The summed E-state index contributed by atoms with van der Waals surface area (Å²) in [7, 11) is 3.03. The molecule has 3 N–H and O–H groups in total. The summed E-state index contributed by atoms with van der Waals surface area (Å²) in [6, 6.07) is 3.20. The summed E-state index contributed by atoms with van der Waals surface area (Å²) >= 11 is 0. The third-order valence-electron chi connectivity index (χ3n) is 2.22. The van der Waals surface area contributed by atoms with Crippen LogP contribution >= 0.6 is 0 Å². The number of carbonyl (C=O) groups is 1. The number of nitrogens with one attached hydrogen (secondary N) is 1. The van der Waals surface area contributed by atoms with Crippen LogP contribution < -0.4 is 20.5 Å². The van der Waals surface area contributed by atoms with Crippen LogP contribution in [-0.2, 0) is 0 Å². The van der Waals surface area contributed by atoms with Crippen LogP contribution in [0.1, 0.15) is 24.2 Å². The zero-order valence-corrected chi connectivity index (χ0v) is 10.5. The van der Waals surface area contributed by atoms with Gasteiger partial charge >= 0.3 is 0 Å². The standard InChI is InChI=1S/C12H18N2O3/c1-7(2)14-12(15)8-5-10(16-3)11(17-4)6-9(8)13/h5-7H,13H2,1-4H3,(H,14,15). The van der Waals surface area contributed by atoms with Gasteiger partial charge in [0.2, 0.25) is 0 Å². The van der Waals surface area contributed by atoms with Gasteiger partial charge in [-0.15, -0.1) is 0 Å². The highest BCUT2D eigenvalue weighted by atomic mass is 16.5. The Morgan fingerprint density at radius 3 is 2.24 bits per heavy atom. The van der Waals surface area contributed by atoms with Gasteiger partial charge in [-0.2, -0.15) is 0 Å². The Morgan fingerprint density at radius 2 is 1.76 bits per heavy atom. The first-order valence-corrected chi connectivity index (χ1v) is 5.32. The smallest absolute Gasteiger partial charge is 0.253 e. The Kier molecular flexibility index (Phi) is 4.20. The molecule has 5 nitrogen and oxygen atoms in total. The Balaban J connectivity index is 3.12. The molecule has 0 radical (unpaired) electrons. The van der Waals surface area contributed by atoms with E-state index in [0.29, 0.717) is 22.7 Å². The van der Waals surface area contributed by atoms with Gasteiger partial charge in [0.05, 0.1) is 19.8 Å². The Labute approximate surface area is 101 Å². The second-order valence-corrected chi connectivity index (χ2v) is 3.92. The zero-order chi connectivity index (χ0) is 13.0. The molecule has 0 bridgehead atoms. The number of nitrogen functional groups attached to an aromatic ring is 1. The summed E-state index contributed by atoms with van der Waals surface area (Å²) in [5.74, 6) is 0.764. The number of anilines is 1. The van der Waals surface area contributed by atoms with Gasteiger partial charge in [-0.05, 0) is 19.9 Å². The molecule has 94 valence electrons. The van der Waals surface area contributed by atoms with E-state index in [-0.39, 0.29) is 11.9 Å². The lowest BCUT2D eigenvalue weighted by Gasteiger charge is -2.13. The van der Waals surface area contributed by atoms with Crippen molar-refractivity contribution in [2.75, 3.05) is 20.0 Å². The quantitative estimate of drug-likeness (QED) is 0.778. The van der Waals surface area contributed by atoms with Crippen LogP contribution in [0.25, 0.3) is 0 Å². The largest absolute Gasteiger partial charge is 0.493 e. The maximum atomic E-state index is 11.9. The Morgan fingerprint density at radius 1 is 1.24 bits per heavy atom. The first kappa shape index (κ1) is 13.2. The summed E-state index contributed by atoms with van der Waals surface area (Å²) in [6.45, 7) is 3.77. The summed E-state index contributed by atoms with van der Waals surface area (Å²) in [6.07, 6.45) is 0. The Hall–Kier alpha value is -1.91. The van der Waals surface area contributed by atoms with E-state index in [9.17, 15) is 4.79 Å². The monoisotopic (exact) mass is 238 g/mol. The maximum Gasteiger partial charge on any atom is 0.253 e. The third-order valence-corrected chi connectivity index (χ3v) is 2.22. The zero-order valence-electron chi connectivity index (χ0n) is 10.5. The van der Waals surface area contributed by atoms with Crippen molar-refractivity contribution in [2.24, 2.45) is 0 Å². The van der Waals surface area contributed by atoms with Crippen molar-refractivity contribution in [2.45, 2.75) is 19.9 Å². The van der Waals surface area contributed by atoms with E-state index in [1.807, 2.05) is 13.8 Å². The molecule has 0 heterocycles. The SMILES string of the molecule is COc1cc(N)c(C(=O)NC(C)C)cc1OC. The average molecular weight is 238 g/mol. The highest BCUT2D eigenvalue weighted by Gasteiger charge is 2.15. The van der Waals surface area contributed by atoms with Crippen molar-refractivity contribution in [1.82, 2.24) is 5.32 Å². The van der Waals surface area contributed by atoms with Crippen molar-refractivity contribution in [3.8, 4) is 11.5 Å². The molecule has 0 saturated heterocycles. The van der Waals surface area contributed by atoms with Gasteiger partial charge in [-0.1, -0.05) is 0 Å². The molecular weight excluding hydrogens is 220 g/mol. The molecule has 0 aliphatic heterocycles. The number of hydrogen-bond acceptors (Lipinski definition) is 4. The van der Waals surface area contributed by atoms with Crippen molar-refractivity contribution >= 4 is 11.6 Å². The summed E-state index contributed by atoms with van der Waals surface area (Å²) in [5.41, 5.74) is 6.55. The fourth-order valence-corrected chi connectivity index (χ4v) is 1.43. The molecule has 0 aliphatic carbocycles. The van der Waals surface area contributed by atoms with Crippen molar-refractivity contribution in [1.29, 1.82) is 0 Å². The van der Waals surface area contributed by atoms with E-state index in [2.05, 4.69) is 5.32 Å². The van der Waals surface area contributed by atoms with Gasteiger partial charge in [0.15, 0.2) is 11.5 Å². The number of benzene rings is 1. The predicted molar refractivity (Wildman–Crippen MR) is 66.6 cm³/mol. The third kappa shape index (κ3) is 3.03. The molecule has 1 amide bonds. The van der Waals surface area contributed by atoms with Gasteiger partial charge in [-0.3, -0.25) is 4.79 Å². The van der Waals surface area contributed by atoms with E-state index in [0.717, 1.165) is 0 Å². The van der Waals surface area contributed by atoms with E-state index in [4.69, 9.17) is 15.2 Å². The van der Waals surface area contributed by atoms with Crippen LogP contribution in [0, 0.1) is 0 Å². The number of nitrogens with two attached hydrogens (primary N) is 1. The summed E-state index contributed by atoms with van der Waals surface area (Å²) in [4.78, 5) is 11.9. The van der Waals surface area contributed by atoms with Crippen LogP contribution in [0.4, 0.5) is 5.69 Å². The van der Waals surface area contributed by atoms with Gasteiger partial charge in [-0.25, -0.2) is 0 Å². The lowest BCUT2D eigenvalue weighted by molar-refractivity contribution is 0.0943. The van der Waals surface area contributed by atoms with Crippen LogP contribution in [0.5, 0.6) is 11.5 Å². The predicted octanol–water partition coefficient (Wildman–Crippen LogP) is 1.42. The van der Waals surface area contributed by atoms with Crippen LogP contribution in [-0.4, -0.2) is 26.2 Å². The average Bonchev–Trinajstić information content (AvgIpc) is 2.27. The highest BCUT2D eigenvalue weighted by Crippen LogP contribution is 2.31. The molecule has 0 fully saturated rings. The van der Waals surface area contributed by atoms with Crippen LogP contribution in [0.3, 0.4) is 0 Å². The van der Waals surface area contributed by atoms with Gasteiger partial charge in [0, 0.05) is 17.8 Å². The molecule has 0 atom stereocenters. The lowest BCUT2D eigenvalue weighted by atomic mass is 10.1. The lowest BCUT2D eigenvalue weighted by Crippen LogP contribution is -2.30. The number of ether oxygens (including phenoxy) is 2. The molecule has 1 aromatic carbocycles. The molecule has 5 heteroatoms. The molecule has 0 spiro atoms. The number of carbonyl (C=O) groups excluding carboxylic acids is 1. The molecule has 17 heavy (non-hydrogen) atoms. The van der Waals surface area contributed by atoms with Crippen LogP contribution in [0.15, 0.2) is 12.1 Å².